The second-order valence-corrected chi connectivity index (χ2v) is 17.7. The highest BCUT2D eigenvalue weighted by molar-refractivity contribution is 7.94. The van der Waals surface area contributed by atoms with Crippen molar-refractivity contribution >= 4 is 105 Å². The van der Waals surface area contributed by atoms with E-state index in [9.17, 15) is 48.2 Å². The monoisotopic (exact) mass is 968 g/mol. The van der Waals surface area contributed by atoms with Crippen molar-refractivity contribution in [3.05, 3.63) is 72.7 Å². The molecule has 32 heteroatoms. The van der Waals surface area contributed by atoms with E-state index in [0.717, 1.165) is 24.3 Å². The molecule has 0 aliphatic heterocycles. The third-order valence-corrected chi connectivity index (χ3v) is 11.6. The maximum atomic E-state index is 13.7. The van der Waals surface area contributed by atoms with Crippen molar-refractivity contribution in [1.29, 1.82) is 0 Å². The number of anilines is 3. The van der Waals surface area contributed by atoms with Crippen LogP contribution in [0, 0.1) is 12.0 Å². The number of aromatic nitrogens is 2. The SMILES string of the molecule is COc1ccc(S(=O)(=O)CCOSOOO)cc1N=Nc1c(NCS(=O)(=O)O)ccc2c(O)c(N=Nc3cc(Nc4cc(F)nc(F)n4)ccc3S(=O)(=O)O)c(SOOO)cc12. The first-order valence-electron chi connectivity index (χ1n) is 16.1. The van der Waals surface area contributed by atoms with Gasteiger partial charge in [0.15, 0.2) is 27.9 Å². The summed E-state index contributed by atoms with van der Waals surface area (Å²) >= 11 is 0.351. The van der Waals surface area contributed by atoms with Gasteiger partial charge in [0.05, 0.1) is 47.0 Å². The molecule has 62 heavy (non-hydrogen) atoms. The number of phenols is 1. The fourth-order valence-corrected chi connectivity index (χ4v) is 7.86. The summed E-state index contributed by atoms with van der Waals surface area (Å²) in [5.41, 5.74) is -1.82. The lowest BCUT2D eigenvalue weighted by atomic mass is 10.1. The largest absolute Gasteiger partial charge is 0.505 e. The van der Waals surface area contributed by atoms with Gasteiger partial charge in [0, 0.05) is 22.5 Å². The highest BCUT2D eigenvalue weighted by Gasteiger charge is 2.23. The number of azo groups is 2. The van der Waals surface area contributed by atoms with Crippen molar-refractivity contribution in [3.63, 3.8) is 0 Å². The van der Waals surface area contributed by atoms with Crippen LogP contribution in [0.3, 0.4) is 0 Å². The standard InChI is InChI=1S/C30H26F2N8O17S5/c1-52-22-6-3-16(60(44,45)9-8-53-59-57-55-43)11-20(22)37-39-27-18-12-23(58-56-54-42)28(29(41)17(18)4-5-19(27)33-14-61(46,47)48)40-38-21-10-15(2-7-24(21)62(49,50)51)34-26-13-25(31)35-30(32)36-26/h2-7,10-13,33,41-43H,8-9,14H2,1H3,(H,34,35,36)(H,46,47,48)(H,49,50,51). The molecule has 0 saturated heterocycles. The summed E-state index contributed by atoms with van der Waals surface area (Å²) < 4.78 is 139. The quantitative estimate of drug-likeness (QED) is 0.00574. The Balaban J connectivity index is 1.64. The molecule has 5 aromatic rings. The summed E-state index contributed by atoms with van der Waals surface area (Å²) in [5.74, 6) is -4.07. The summed E-state index contributed by atoms with van der Waals surface area (Å²) in [7, 11) is -12.5. The molecule has 0 fully saturated rings. The Labute approximate surface area is 355 Å². The van der Waals surface area contributed by atoms with Gasteiger partial charge in [-0.1, -0.05) is 10.1 Å². The minimum absolute atomic E-state index is 0.00383. The van der Waals surface area contributed by atoms with E-state index in [1.165, 1.54) is 37.4 Å². The fraction of sp³-hybridized carbons (Fsp3) is 0.133. The van der Waals surface area contributed by atoms with E-state index in [4.69, 9.17) is 19.4 Å². The van der Waals surface area contributed by atoms with Crippen LogP contribution in [0.25, 0.3) is 10.8 Å². The predicted octanol–water partition coefficient (Wildman–Crippen LogP) is 6.90. The van der Waals surface area contributed by atoms with Crippen LogP contribution < -0.4 is 15.4 Å². The molecule has 332 valence electrons. The zero-order valence-corrected chi connectivity index (χ0v) is 34.6. The first kappa shape index (κ1) is 47.7. The molecule has 0 bridgehead atoms. The number of nitrogens with zero attached hydrogens (tertiary/aromatic N) is 6. The maximum Gasteiger partial charge on any atom is 0.313 e. The topological polar surface area (TPSA) is 358 Å². The number of rotatable bonds is 21. The zero-order valence-electron chi connectivity index (χ0n) is 30.5. The summed E-state index contributed by atoms with van der Waals surface area (Å²) in [6.45, 7) is -0.422. The van der Waals surface area contributed by atoms with Crippen LogP contribution in [0.15, 0.2) is 95.8 Å². The van der Waals surface area contributed by atoms with E-state index in [0.29, 0.717) is 6.07 Å². The van der Waals surface area contributed by atoms with Crippen molar-refractivity contribution in [1.82, 2.24) is 9.97 Å². The number of fused-ring (bicyclic) bond motifs is 1. The predicted molar refractivity (Wildman–Crippen MR) is 210 cm³/mol. The lowest BCUT2D eigenvalue weighted by molar-refractivity contribution is -0.434. The van der Waals surface area contributed by atoms with Crippen molar-refractivity contribution in [2.45, 2.75) is 14.7 Å². The van der Waals surface area contributed by atoms with Crippen molar-refractivity contribution in [3.8, 4) is 11.5 Å². The normalized spacial score (nSPS) is 12.4. The van der Waals surface area contributed by atoms with Crippen LogP contribution in [0.5, 0.6) is 11.5 Å². The lowest BCUT2D eigenvalue weighted by Crippen LogP contribution is -2.13. The number of methoxy groups -OCH3 is 1. The van der Waals surface area contributed by atoms with E-state index in [-0.39, 0.29) is 73.4 Å². The maximum absolute atomic E-state index is 13.7. The second-order valence-electron chi connectivity index (χ2n) is 11.5. The van der Waals surface area contributed by atoms with Gasteiger partial charge in [-0.15, -0.1) is 29.1 Å². The molecule has 0 saturated carbocycles. The average Bonchev–Trinajstić information content (AvgIpc) is 3.19. The number of aromatic hydroxyl groups is 1. The van der Waals surface area contributed by atoms with Gasteiger partial charge >= 0.3 is 6.08 Å². The fourth-order valence-electron chi connectivity index (χ4n) is 5.01. The Bertz CT molecular complexity index is 2840. The van der Waals surface area contributed by atoms with Gasteiger partial charge in [-0.05, 0) is 54.6 Å². The molecule has 0 radical (unpaired) electrons. The molecule has 4 aromatic carbocycles. The number of sulfone groups is 1. The van der Waals surface area contributed by atoms with Crippen molar-refractivity contribution in [2.75, 3.05) is 36.0 Å². The van der Waals surface area contributed by atoms with Crippen LogP contribution in [0.1, 0.15) is 0 Å². The van der Waals surface area contributed by atoms with E-state index < -0.39 is 88.2 Å². The van der Waals surface area contributed by atoms with Crippen LogP contribution in [0.4, 0.5) is 48.7 Å². The summed E-state index contributed by atoms with van der Waals surface area (Å²) in [6.07, 6.45) is -1.43. The van der Waals surface area contributed by atoms with Gasteiger partial charge in [-0.3, -0.25) is 13.3 Å². The molecule has 0 unspecified atom stereocenters. The molecule has 5 rings (SSSR count). The highest BCUT2D eigenvalue weighted by atomic mass is 32.2. The van der Waals surface area contributed by atoms with Crippen molar-refractivity contribution < 1.29 is 86.4 Å². The Hall–Kier alpha value is -5.33. The van der Waals surface area contributed by atoms with Gasteiger partial charge in [0.2, 0.25) is 5.95 Å². The van der Waals surface area contributed by atoms with E-state index in [2.05, 4.69) is 59.8 Å². The summed E-state index contributed by atoms with van der Waals surface area (Å²) in [5, 5.41) is 56.6. The molecule has 0 amide bonds. The molecule has 1 aromatic heterocycles. The minimum atomic E-state index is -5.02. The van der Waals surface area contributed by atoms with Gasteiger partial charge in [0.1, 0.15) is 45.1 Å². The van der Waals surface area contributed by atoms with E-state index in [1.807, 2.05) is 0 Å². The zero-order chi connectivity index (χ0) is 45.2. The summed E-state index contributed by atoms with van der Waals surface area (Å²) in [4.78, 5) is 4.84. The number of halogens is 2. The number of benzene rings is 4. The smallest absolute Gasteiger partial charge is 0.313 e. The first-order chi connectivity index (χ1) is 29.3. The third kappa shape index (κ3) is 12.6. The molecule has 0 spiro atoms. The molecular weight excluding hydrogens is 943 g/mol. The van der Waals surface area contributed by atoms with Gasteiger partial charge in [-0.25, -0.2) is 18.9 Å². The Morgan fingerprint density at radius 2 is 1.53 bits per heavy atom. The molecule has 7 N–H and O–H groups in total. The van der Waals surface area contributed by atoms with Crippen LogP contribution in [-0.2, 0) is 53.0 Å². The Morgan fingerprint density at radius 3 is 2.21 bits per heavy atom. The van der Waals surface area contributed by atoms with Crippen molar-refractivity contribution in [2.24, 2.45) is 20.5 Å². The molecule has 25 nitrogen and oxygen atoms in total. The van der Waals surface area contributed by atoms with Crippen LogP contribution in [-0.4, -0.2) is 85.3 Å². The van der Waals surface area contributed by atoms with Gasteiger partial charge in [0.25, 0.3) is 20.2 Å². The molecule has 0 aliphatic carbocycles. The lowest BCUT2D eigenvalue weighted by Gasteiger charge is -2.14. The van der Waals surface area contributed by atoms with E-state index in [1.54, 1.807) is 0 Å². The molecular formula is C30H26F2N8O17S5. The number of nitrogens with one attached hydrogen (secondary N) is 2. The number of phenolic OH excluding ortho intramolecular Hbond substituents is 1. The Morgan fingerprint density at radius 1 is 0.806 bits per heavy atom. The molecule has 1 heterocycles. The van der Waals surface area contributed by atoms with Gasteiger partial charge < -0.3 is 20.5 Å². The average molecular weight is 969 g/mol. The highest BCUT2D eigenvalue weighted by Crippen LogP contribution is 2.49. The second kappa shape index (κ2) is 20.7. The third-order valence-electron chi connectivity index (χ3n) is 7.55. The molecule has 0 aliphatic rings. The summed E-state index contributed by atoms with van der Waals surface area (Å²) in [6, 6.07) is 10.7. The van der Waals surface area contributed by atoms with Gasteiger partial charge in [-0.2, -0.15) is 35.6 Å². The van der Waals surface area contributed by atoms with Crippen LogP contribution in [0.2, 0.25) is 0 Å². The molecule has 0 atom stereocenters. The van der Waals surface area contributed by atoms with Crippen LogP contribution >= 0.6 is 24.4 Å². The number of ether oxygens (including phenoxy) is 1. The minimum Gasteiger partial charge on any atom is -0.505 e. The number of hydrogen-bond acceptors (Lipinski definition) is 25. The van der Waals surface area contributed by atoms with E-state index >= 15 is 0 Å². The number of hydrogen-bond donors (Lipinski definition) is 7. The first-order valence-corrected chi connectivity index (χ1v) is 22.2. The Kier molecular flexibility index (Phi) is 15.9.